The van der Waals surface area contributed by atoms with Gasteiger partial charge in [0.05, 0.1) is 24.8 Å². The van der Waals surface area contributed by atoms with Gasteiger partial charge in [-0.25, -0.2) is 8.42 Å². The summed E-state index contributed by atoms with van der Waals surface area (Å²) < 4.78 is 39.4. The number of hydrogen-bond acceptors (Lipinski definition) is 5. The number of sulfonamides is 1. The number of ketones is 1. The Bertz CT molecular complexity index is 1230. The van der Waals surface area contributed by atoms with Crippen molar-refractivity contribution in [2.24, 2.45) is 0 Å². The molecule has 1 aromatic heterocycles. The molecule has 3 aromatic rings. The highest BCUT2D eigenvalue weighted by Crippen LogP contribution is 2.34. The first kappa shape index (κ1) is 19.3. The first-order chi connectivity index (χ1) is 13.8. The summed E-state index contributed by atoms with van der Waals surface area (Å²) >= 11 is 0. The van der Waals surface area contributed by atoms with Gasteiger partial charge in [0.25, 0.3) is 10.0 Å². The van der Waals surface area contributed by atoms with Gasteiger partial charge in [-0.05, 0) is 49.6 Å². The normalized spacial score (nSPS) is 14.0. The summed E-state index contributed by atoms with van der Waals surface area (Å²) in [6.45, 7) is 1.73. The lowest BCUT2D eigenvalue weighted by Gasteiger charge is -2.14. The molecular formula is C21H22N2O5S. The number of nitrogens with one attached hydrogen (secondary N) is 2. The zero-order valence-electron chi connectivity index (χ0n) is 16.5. The molecule has 0 atom stereocenters. The van der Waals surface area contributed by atoms with Gasteiger partial charge in [0.2, 0.25) is 0 Å². The van der Waals surface area contributed by atoms with Gasteiger partial charge in [0.1, 0.15) is 11.5 Å². The zero-order chi connectivity index (χ0) is 20.8. The van der Waals surface area contributed by atoms with Crippen molar-refractivity contribution in [3.8, 4) is 11.5 Å². The van der Waals surface area contributed by atoms with Gasteiger partial charge in [-0.2, -0.15) is 0 Å². The molecule has 0 radical (unpaired) electrons. The molecule has 2 aromatic carbocycles. The SMILES string of the molecule is COc1ccc(OC)c(NS(=O)(=O)c2cc3[nH]c4c(c3cc2C)C(=O)CCC4)c1. The van der Waals surface area contributed by atoms with Crippen LogP contribution in [0.5, 0.6) is 11.5 Å². The lowest BCUT2D eigenvalue weighted by Crippen LogP contribution is -2.15. The average molecular weight is 414 g/mol. The number of hydrogen-bond donors (Lipinski definition) is 2. The van der Waals surface area contributed by atoms with Crippen LogP contribution in [0.1, 0.15) is 34.5 Å². The molecule has 2 N–H and O–H groups in total. The minimum atomic E-state index is -3.90. The number of benzene rings is 2. The fourth-order valence-electron chi connectivity index (χ4n) is 3.83. The zero-order valence-corrected chi connectivity index (χ0v) is 17.3. The molecule has 1 aliphatic rings. The molecule has 0 saturated carbocycles. The van der Waals surface area contributed by atoms with Gasteiger partial charge in [0, 0.05) is 34.6 Å². The van der Waals surface area contributed by atoms with Crippen LogP contribution in [0.2, 0.25) is 0 Å². The molecule has 152 valence electrons. The average Bonchev–Trinajstić information content (AvgIpc) is 3.05. The number of ether oxygens (including phenoxy) is 2. The van der Waals surface area contributed by atoms with E-state index in [9.17, 15) is 13.2 Å². The minimum Gasteiger partial charge on any atom is -0.497 e. The number of aromatic nitrogens is 1. The first-order valence-electron chi connectivity index (χ1n) is 9.27. The third kappa shape index (κ3) is 3.33. The number of carbonyl (C=O) groups excluding carboxylic acids is 1. The predicted molar refractivity (Wildman–Crippen MR) is 111 cm³/mol. The van der Waals surface area contributed by atoms with E-state index < -0.39 is 10.0 Å². The summed E-state index contributed by atoms with van der Waals surface area (Å²) in [6, 6.07) is 8.25. The van der Waals surface area contributed by atoms with Crippen LogP contribution in [0.15, 0.2) is 35.2 Å². The number of Topliss-reactive ketones (excluding diaryl/α,β-unsaturated/α-hetero) is 1. The minimum absolute atomic E-state index is 0.103. The number of methoxy groups -OCH3 is 2. The highest BCUT2D eigenvalue weighted by Gasteiger charge is 2.26. The van der Waals surface area contributed by atoms with E-state index in [0.717, 1.165) is 23.9 Å². The van der Waals surface area contributed by atoms with Crippen LogP contribution in [0.3, 0.4) is 0 Å². The molecule has 8 heteroatoms. The Morgan fingerprint density at radius 1 is 1.07 bits per heavy atom. The predicted octanol–water partition coefficient (Wildman–Crippen LogP) is 3.81. The molecular weight excluding hydrogens is 392 g/mol. The standard InChI is InChI=1S/C21H22N2O5S/c1-12-9-14-16(22-15-5-4-6-18(24)21(14)15)11-20(12)29(25,26)23-17-10-13(27-2)7-8-19(17)28-3/h7-11,22-23H,4-6H2,1-3H3. The molecule has 0 amide bonds. The topological polar surface area (TPSA) is 97.5 Å². The number of H-pyrrole nitrogens is 1. The van der Waals surface area contributed by atoms with E-state index >= 15 is 0 Å². The van der Waals surface area contributed by atoms with Gasteiger partial charge in [-0.3, -0.25) is 9.52 Å². The fraction of sp³-hybridized carbons (Fsp3) is 0.286. The summed E-state index contributed by atoms with van der Waals surface area (Å²) in [6.07, 6.45) is 2.12. The second-order valence-corrected chi connectivity index (χ2v) is 8.74. The van der Waals surface area contributed by atoms with Crippen LogP contribution in [-0.4, -0.2) is 33.4 Å². The van der Waals surface area contributed by atoms with Crippen molar-refractivity contribution in [3.05, 3.63) is 47.2 Å². The summed E-state index contributed by atoms with van der Waals surface area (Å²) in [5.74, 6) is 0.993. The van der Waals surface area contributed by atoms with Crippen LogP contribution < -0.4 is 14.2 Å². The number of rotatable bonds is 5. The van der Waals surface area contributed by atoms with Crippen LogP contribution in [0, 0.1) is 6.92 Å². The van der Waals surface area contributed by atoms with Crippen molar-refractivity contribution >= 4 is 32.4 Å². The Morgan fingerprint density at radius 2 is 1.86 bits per heavy atom. The van der Waals surface area contributed by atoms with Crippen molar-refractivity contribution in [3.63, 3.8) is 0 Å². The van der Waals surface area contributed by atoms with E-state index in [1.165, 1.54) is 14.2 Å². The largest absolute Gasteiger partial charge is 0.497 e. The third-order valence-electron chi connectivity index (χ3n) is 5.22. The summed E-state index contributed by atoms with van der Waals surface area (Å²) in [4.78, 5) is 15.7. The van der Waals surface area contributed by atoms with Crippen LogP contribution in [-0.2, 0) is 16.4 Å². The van der Waals surface area contributed by atoms with Gasteiger partial charge < -0.3 is 14.5 Å². The van der Waals surface area contributed by atoms with E-state index in [4.69, 9.17) is 9.47 Å². The number of aromatic amines is 1. The smallest absolute Gasteiger partial charge is 0.262 e. The second-order valence-electron chi connectivity index (χ2n) is 7.09. The van der Waals surface area contributed by atoms with E-state index in [1.807, 2.05) is 0 Å². The number of fused-ring (bicyclic) bond motifs is 3. The Kier molecular flexibility index (Phi) is 4.74. The highest BCUT2D eigenvalue weighted by molar-refractivity contribution is 7.92. The Morgan fingerprint density at radius 3 is 2.59 bits per heavy atom. The maximum absolute atomic E-state index is 13.2. The molecule has 0 unspecified atom stereocenters. The third-order valence-corrected chi connectivity index (χ3v) is 6.73. The highest BCUT2D eigenvalue weighted by atomic mass is 32.2. The summed E-state index contributed by atoms with van der Waals surface area (Å²) in [5.41, 5.74) is 3.07. The fourth-order valence-corrected chi connectivity index (χ4v) is 5.14. The monoisotopic (exact) mass is 414 g/mol. The molecule has 0 aliphatic heterocycles. The molecule has 1 heterocycles. The Balaban J connectivity index is 1.80. The van der Waals surface area contributed by atoms with Crippen molar-refractivity contribution in [2.75, 3.05) is 18.9 Å². The van der Waals surface area contributed by atoms with Crippen LogP contribution in [0.4, 0.5) is 5.69 Å². The van der Waals surface area contributed by atoms with Gasteiger partial charge in [-0.15, -0.1) is 0 Å². The molecule has 0 spiro atoms. The van der Waals surface area contributed by atoms with Crippen molar-refractivity contribution < 1.29 is 22.7 Å². The Hall–Kier alpha value is -3.00. The van der Waals surface area contributed by atoms with E-state index in [1.54, 1.807) is 37.3 Å². The van der Waals surface area contributed by atoms with Gasteiger partial charge in [-0.1, -0.05) is 0 Å². The molecule has 0 fully saturated rings. The van der Waals surface area contributed by atoms with Crippen LogP contribution >= 0.6 is 0 Å². The molecule has 4 rings (SSSR count). The molecule has 0 saturated heterocycles. The lowest BCUT2D eigenvalue weighted by atomic mass is 9.94. The quantitative estimate of drug-likeness (QED) is 0.662. The lowest BCUT2D eigenvalue weighted by molar-refractivity contribution is 0.0974. The van der Waals surface area contributed by atoms with Gasteiger partial charge in [0.15, 0.2) is 5.78 Å². The maximum atomic E-state index is 13.2. The Labute approximate surface area is 169 Å². The van der Waals surface area contributed by atoms with Crippen molar-refractivity contribution in [1.82, 2.24) is 4.98 Å². The second kappa shape index (κ2) is 7.11. The molecule has 1 aliphatic carbocycles. The molecule has 7 nitrogen and oxygen atoms in total. The summed E-state index contributed by atoms with van der Waals surface area (Å²) in [7, 11) is -0.922. The molecule has 29 heavy (non-hydrogen) atoms. The van der Waals surface area contributed by atoms with Crippen molar-refractivity contribution in [2.45, 2.75) is 31.1 Å². The number of aryl methyl sites for hydroxylation is 2. The van der Waals surface area contributed by atoms with Crippen molar-refractivity contribution in [1.29, 1.82) is 0 Å². The molecule has 0 bridgehead atoms. The van der Waals surface area contributed by atoms with E-state index in [0.29, 0.717) is 34.6 Å². The first-order valence-corrected chi connectivity index (χ1v) is 10.8. The summed E-state index contributed by atoms with van der Waals surface area (Å²) in [5, 5.41) is 0.778. The number of carbonyl (C=O) groups is 1. The van der Waals surface area contributed by atoms with E-state index in [2.05, 4.69) is 9.71 Å². The number of anilines is 1. The van der Waals surface area contributed by atoms with Gasteiger partial charge >= 0.3 is 0 Å². The maximum Gasteiger partial charge on any atom is 0.262 e. The van der Waals surface area contributed by atoms with E-state index in [-0.39, 0.29) is 16.4 Å². The van der Waals surface area contributed by atoms with Crippen LogP contribution in [0.25, 0.3) is 10.9 Å².